The molecule has 0 amide bonds. The zero-order valence-electron chi connectivity index (χ0n) is 12.6. The Hall–Kier alpha value is -2.79. The van der Waals surface area contributed by atoms with E-state index < -0.39 is 5.97 Å². The molecule has 0 unspecified atom stereocenters. The molecule has 5 nitrogen and oxygen atoms in total. The standard InChI is InChI=1S/C18H13ClN2O3/c19-16-13-7-8-23-18(22)17(13)21-15-6-5-12(9-14(15)16)24-11-3-1-10(20)2-4-11/h1-6,9H,7-8,20H2. The Morgan fingerprint density at radius 1 is 1.12 bits per heavy atom. The van der Waals surface area contributed by atoms with Crippen molar-refractivity contribution < 1.29 is 14.3 Å². The number of carbonyl (C=O) groups excluding carboxylic acids is 1. The molecule has 1 aliphatic heterocycles. The molecule has 24 heavy (non-hydrogen) atoms. The van der Waals surface area contributed by atoms with E-state index in [0.29, 0.717) is 46.4 Å². The Bertz CT molecular complexity index is 955. The molecule has 1 aliphatic rings. The summed E-state index contributed by atoms with van der Waals surface area (Å²) in [6.07, 6.45) is 0.561. The highest BCUT2D eigenvalue weighted by Crippen LogP contribution is 2.34. The normalized spacial score (nSPS) is 13.5. The lowest BCUT2D eigenvalue weighted by Gasteiger charge is -2.17. The van der Waals surface area contributed by atoms with Crippen molar-refractivity contribution in [2.24, 2.45) is 0 Å². The first-order valence-corrected chi connectivity index (χ1v) is 7.82. The molecule has 1 aromatic heterocycles. The van der Waals surface area contributed by atoms with Crippen molar-refractivity contribution >= 4 is 34.2 Å². The predicted octanol–water partition coefficient (Wildman–Crippen LogP) is 3.98. The Morgan fingerprint density at radius 2 is 1.88 bits per heavy atom. The first kappa shape index (κ1) is 14.8. The Balaban J connectivity index is 1.77. The molecule has 0 bridgehead atoms. The van der Waals surface area contributed by atoms with Gasteiger partial charge in [0.1, 0.15) is 11.5 Å². The van der Waals surface area contributed by atoms with E-state index in [9.17, 15) is 4.79 Å². The number of benzene rings is 2. The highest BCUT2D eigenvalue weighted by molar-refractivity contribution is 6.36. The van der Waals surface area contributed by atoms with Crippen LogP contribution in [0.4, 0.5) is 5.69 Å². The lowest BCUT2D eigenvalue weighted by Crippen LogP contribution is -2.19. The number of rotatable bonds is 2. The molecule has 4 rings (SSSR count). The topological polar surface area (TPSA) is 74.4 Å². The number of ether oxygens (including phenoxy) is 2. The maximum atomic E-state index is 11.8. The van der Waals surface area contributed by atoms with Gasteiger partial charge in [0.2, 0.25) is 0 Å². The van der Waals surface area contributed by atoms with E-state index in [-0.39, 0.29) is 0 Å². The molecule has 0 aliphatic carbocycles. The summed E-state index contributed by atoms with van der Waals surface area (Å²) in [4.78, 5) is 16.2. The van der Waals surface area contributed by atoms with Crippen LogP contribution in [0.1, 0.15) is 16.1 Å². The fourth-order valence-corrected chi connectivity index (χ4v) is 3.02. The first-order valence-electron chi connectivity index (χ1n) is 7.44. The highest BCUT2D eigenvalue weighted by Gasteiger charge is 2.24. The van der Waals surface area contributed by atoms with E-state index in [1.165, 1.54) is 0 Å². The minimum absolute atomic E-state index is 0.297. The van der Waals surface area contributed by atoms with Gasteiger partial charge in [-0.2, -0.15) is 0 Å². The van der Waals surface area contributed by atoms with Crippen LogP contribution in [0, 0.1) is 0 Å². The minimum Gasteiger partial charge on any atom is -0.461 e. The van der Waals surface area contributed by atoms with Crippen molar-refractivity contribution in [3.05, 3.63) is 58.7 Å². The lowest BCUT2D eigenvalue weighted by molar-refractivity contribution is 0.0472. The number of nitrogens with zero attached hydrogens (tertiary/aromatic N) is 1. The van der Waals surface area contributed by atoms with Gasteiger partial charge in [-0.3, -0.25) is 0 Å². The number of anilines is 1. The number of hydrogen-bond donors (Lipinski definition) is 1. The van der Waals surface area contributed by atoms with E-state index in [0.717, 1.165) is 10.9 Å². The zero-order valence-corrected chi connectivity index (χ0v) is 13.3. The van der Waals surface area contributed by atoms with Crippen molar-refractivity contribution in [3.63, 3.8) is 0 Å². The quantitative estimate of drug-likeness (QED) is 0.564. The number of carbonyl (C=O) groups is 1. The molecule has 0 fully saturated rings. The van der Waals surface area contributed by atoms with Gasteiger partial charge in [0, 0.05) is 23.1 Å². The van der Waals surface area contributed by atoms with E-state index in [2.05, 4.69) is 4.98 Å². The third kappa shape index (κ3) is 2.53. The lowest BCUT2D eigenvalue weighted by atomic mass is 10.0. The molecule has 3 aromatic rings. The second kappa shape index (κ2) is 5.69. The fourth-order valence-electron chi connectivity index (χ4n) is 2.69. The summed E-state index contributed by atoms with van der Waals surface area (Å²) in [5.41, 5.74) is 8.00. The highest BCUT2D eigenvalue weighted by atomic mass is 35.5. The van der Waals surface area contributed by atoms with Crippen LogP contribution in [0.2, 0.25) is 5.02 Å². The van der Waals surface area contributed by atoms with Gasteiger partial charge in [0.25, 0.3) is 0 Å². The SMILES string of the molecule is Nc1ccc(Oc2ccc3nc4c(c(Cl)c3c2)CCOC4=O)cc1. The van der Waals surface area contributed by atoms with E-state index in [1.807, 2.05) is 6.07 Å². The molecule has 120 valence electrons. The summed E-state index contributed by atoms with van der Waals surface area (Å²) in [6.45, 7) is 0.320. The summed E-state index contributed by atoms with van der Waals surface area (Å²) in [5.74, 6) is 0.880. The molecule has 0 radical (unpaired) electrons. The van der Waals surface area contributed by atoms with Gasteiger partial charge in [0.15, 0.2) is 5.69 Å². The average Bonchev–Trinajstić information content (AvgIpc) is 2.59. The molecule has 0 atom stereocenters. The molecule has 2 heterocycles. The molecule has 0 spiro atoms. The van der Waals surface area contributed by atoms with Crippen LogP contribution in [-0.4, -0.2) is 17.6 Å². The van der Waals surface area contributed by atoms with Crippen molar-refractivity contribution in [3.8, 4) is 11.5 Å². The van der Waals surface area contributed by atoms with Gasteiger partial charge in [-0.25, -0.2) is 9.78 Å². The maximum Gasteiger partial charge on any atom is 0.357 e. The summed E-state index contributed by atoms with van der Waals surface area (Å²) < 4.78 is 10.9. The summed E-state index contributed by atoms with van der Waals surface area (Å²) in [5, 5.41) is 1.27. The molecular formula is C18H13ClN2O3. The molecule has 0 saturated carbocycles. The number of nitrogens with two attached hydrogens (primary N) is 1. The number of nitrogen functional groups attached to an aromatic ring is 1. The number of halogens is 1. The number of esters is 1. The van der Waals surface area contributed by atoms with Gasteiger partial charge in [-0.15, -0.1) is 0 Å². The number of pyridine rings is 1. The van der Waals surface area contributed by atoms with Gasteiger partial charge in [-0.05, 0) is 42.5 Å². The van der Waals surface area contributed by atoms with E-state index >= 15 is 0 Å². The monoisotopic (exact) mass is 340 g/mol. The predicted molar refractivity (Wildman–Crippen MR) is 91.7 cm³/mol. The van der Waals surface area contributed by atoms with Crippen LogP contribution in [0.25, 0.3) is 10.9 Å². The molecule has 6 heteroatoms. The van der Waals surface area contributed by atoms with E-state index in [4.69, 9.17) is 26.8 Å². The second-order valence-electron chi connectivity index (χ2n) is 5.49. The number of hydrogen-bond acceptors (Lipinski definition) is 5. The van der Waals surface area contributed by atoms with Gasteiger partial charge in [0.05, 0.1) is 17.1 Å². The molecule has 0 saturated heterocycles. The second-order valence-corrected chi connectivity index (χ2v) is 5.87. The van der Waals surface area contributed by atoms with Crippen LogP contribution in [0.3, 0.4) is 0 Å². The molecular weight excluding hydrogens is 328 g/mol. The average molecular weight is 341 g/mol. The summed E-state index contributed by atoms with van der Waals surface area (Å²) in [7, 11) is 0. The Labute approximate surface area is 143 Å². The number of aromatic nitrogens is 1. The number of cyclic esters (lactones) is 1. The number of fused-ring (bicyclic) bond motifs is 2. The molecule has 2 aromatic carbocycles. The fraction of sp³-hybridized carbons (Fsp3) is 0.111. The van der Waals surface area contributed by atoms with Crippen LogP contribution in [0.15, 0.2) is 42.5 Å². The zero-order chi connectivity index (χ0) is 16.7. The van der Waals surface area contributed by atoms with Crippen LogP contribution < -0.4 is 10.5 Å². The van der Waals surface area contributed by atoms with Crippen molar-refractivity contribution in [1.29, 1.82) is 0 Å². The van der Waals surface area contributed by atoms with Crippen LogP contribution >= 0.6 is 11.6 Å². The summed E-state index contributed by atoms with van der Waals surface area (Å²) >= 11 is 6.50. The van der Waals surface area contributed by atoms with Crippen LogP contribution in [-0.2, 0) is 11.2 Å². The Morgan fingerprint density at radius 3 is 2.67 bits per heavy atom. The van der Waals surface area contributed by atoms with Gasteiger partial charge in [-0.1, -0.05) is 11.6 Å². The third-order valence-corrected chi connectivity index (χ3v) is 4.31. The van der Waals surface area contributed by atoms with Crippen molar-refractivity contribution in [1.82, 2.24) is 4.98 Å². The van der Waals surface area contributed by atoms with Crippen LogP contribution in [0.5, 0.6) is 11.5 Å². The third-order valence-electron chi connectivity index (χ3n) is 3.88. The van der Waals surface area contributed by atoms with E-state index in [1.54, 1.807) is 36.4 Å². The van der Waals surface area contributed by atoms with Gasteiger partial charge >= 0.3 is 5.97 Å². The van der Waals surface area contributed by atoms with Gasteiger partial charge < -0.3 is 15.2 Å². The maximum absolute atomic E-state index is 11.8. The van der Waals surface area contributed by atoms with Crippen molar-refractivity contribution in [2.45, 2.75) is 6.42 Å². The summed E-state index contributed by atoms with van der Waals surface area (Å²) in [6, 6.07) is 12.5. The smallest absolute Gasteiger partial charge is 0.357 e. The van der Waals surface area contributed by atoms with Crippen molar-refractivity contribution in [2.75, 3.05) is 12.3 Å². The molecule has 2 N–H and O–H groups in total. The Kier molecular flexibility index (Phi) is 3.50. The first-order chi connectivity index (χ1) is 11.6. The largest absolute Gasteiger partial charge is 0.461 e. The minimum atomic E-state index is -0.428.